The molecule has 1 amide bonds. The van der Waals surface area contributed by atoms with E-state index in [1.807, 2.05) is 36.4 Å². The van der Waals surface area contributed by atoms with E-state index < -0.39 is 17.8 Å². The lowest BCUT2D eigenvalue weighted by atomic mass is 9.75. The van der Waals surface area contributed by atoms with Gasteiger partial charge >= 0.3 is 0 Å². The Labute approximate surface area is 194 Å². The van der Waals surface area contributed by atoms with Crippen molar-refractivity contribution in [3.8, 4) is 11.8 Å². The van der Waals surface area contributed by atoms with Crippen molar-refractivity contribution < 1.29 is 19.7 Å². The van der Waals surface area contributed by atoms with Gasteiger partial charge < -0.3 is 19.8 Å². The molecule has 4 aliphatic rings. The Balaban J connectivity index is 1.48. The number of benzene rings is 2. The molecular formula is C27H30N2O4. The van der Waals surface area contributed by atoms with E-state index in [0.717, 1.165) is 48.3 Å². The molecule has 0 saturated carbocycles. The molecule has 4 heterocycles. The number of aliphatic hydroxyl groups is 2. The first-order valence-corrected chi connectivity index (χ1v) is 11.6. The van der Waals surface area contributed by atoms with Crippen LogP contribution in [0.4, 0.5) is 5.69 Å². The van der Waals surface area contributed by atoms with Crippen LogP contribution < -0.4 is 4.90 Å². The topological polar surface area (TPSA) is 73.2 Å². The first-order valence-electron chi connectivity index (χ1n) is 11.6. The maximum Gasteiger partial charge on any atom is 0.258 e. The molecule has 4 saturated heterocycles. The molecular weight excluding hydrogens is 416 g/mol. The summed E-state index contributed by atoms with van der Waals surface area (Å²) in [6, 6.07) is 15.9. The molecule has 2 bridgehead atoms. The second kappa shape index (κ2) is 8.92. The van der Waals surface area contributed by atoms with Gasteiger partial charge in [0.2, 0.25) is 0 Å². The number of fused-ring (bicyclic) bond motifs is 3. The van der Waals surface area contributed by atoms with Gasteiger partial charge in [-0.05, 0) is 61.7 Å². The zero-order valence-corrected chi connectivity index (χ0v) is 18.9. The highest BCUT2D eigenvalue weighted by Crippen LogP contribution is 2.35. The number of hydrogen-bond acceptors (Lipinski definition) is 5. The number of nitrogens with zero attached hydrogens (tertiary/aromatic N) is 2. The molecule has 33 heavy (non-hydrogen) atoms. The summed E-state index contributed by atoms with van der Waals surface area (Å²) in [5.41, 5.74) is 2.72. The Morgan fingerprint density at radius 2 is 1.91 bits per heavy atom. The number of aliphatic hydroxyl groups excluding tert-OH is 1. The van der Waals surface area contributed by atoms with Crippen LogP contribution in [0.15, 0.2) is 48.5 Å². The lowest BCUT2D eigenvalue weighted by molar-refractivity contribution is -0.128. The lowest BCUT2D eigenvalue weighted by Crippen LogP contribution is -2.58. The minimum atomic E-state index is -0.972. The van der Waals surface area contributed by atoms with Gasteiger partial charge in [0.1, 0.15) is 11.7 Å². The molecule has 6 heteroatoms. The normalized spacial score (nSPS) is 30.9. The number of hydrogen-bond donors (Lipinski definition) is 2. The van der Waals surface area contributed by atoms with Crippen molar-refractivity contribution in [2.24, 2.45) is 5.92 Å². The van der Waals surface area contributed by atoms with E-state index in [1.54, 1.807) is 4.90 Å². The Kier molecular flexibility index (Phi) is 5.98. The molecule has 4 aliphatic heterocycles. The van der Waals surface area contributed by atoms with E-state index in [2.05, 4.69) is 28.9 Å². The van der Waals surface area contributed by atoms with Gasteiger partial charge in [-0.2, -0.15) is 0 Å². The average Bonchev–Trinajstić information content (AvgIpc) is 3.12. The molecule has 0 unspecified atom stereocenters. The van der Waals surface area contributed by atoms with E-state index in [-0.39, 0.29) is 18.4 Å². The molecule has 0 aromatic heterocycles. The monoisotopic (exact) mass is 446 g/mol. The van der Waals surface area contributed by atoms with Crippen molar-refractivity contribution in [2.75, 3.05) is 38.2 Å². The second-order valence-electron chi connectivity index (χ2n) is 9.40. The standard InChI is InChI=1S/C27H30N2O4/c1-33-25-24(30)17-29(26(25)31)23-8-7-20(21(16-23)15-19-5-3-2-4-6-19)9-12-27(32)18-28-13-10-22(27)11-14-28/h2-8,16,22,24-25,30,32H,10-11,13-15,17-18H2,1H3/t24-,25+,27-/m1/s1. The number of β-amino-alcohol motifs (C(OH)–C–C–N with tert-alkyl or cyclic N) is 1. The molecule has 0 aliphatic carbocycles. The number of piperidine rings is 3. The van der Waals surface area contributed by atoms with Crippen molar-refractivity contribution in [1.29, 1.82) is 0 Å². The summed E-state index contributed by atoms with van der Waals surface area (Å²) in [5, 5.41) is 21.5. The maximum absolute atomic E-state index is 12.7. The van der Waals surface area contributed by atoms with E-state index in [9.17, 15) is 15.0 Å². The molecule has 172 valence electrons. The summed E-state index contributed by atoms with van der Waals surface area (Å²) in [4.78, 5) is 16.6. The number of amides is 1. The van der Waals surface area contributed by atoms with Gasteiger partial charge in [0.15, 0.2) is 6.10 Å². The van der Waals surface area contributed by atoms with Gasteiger partial charge in [-0.3, -0.25) is 9.69 Å². The first-order chi connectivity index (χ1) is 16.0. The number of rotatable bonds is 4. The first kappa shape index (κ1) is 22.1. The smallest absolute Gasteiger partial charge is 0.258 e. The lowest BCUT2D eigenvalue weighted by Gasteiger charge is -2.47. The van der Waals surface area contributed by atoms with Crippen molar-refractivity contribution in [3.05, 3.63) is 65.2 Å². The van der Waals surface area contributed by atoms with Crippen molar-refractivity contribution in [1.82, 2.24) is 4.90 Å². The van der Waals surface area contributed by atoms with Gasteiger partial charge in [-0.25, -0.2) is 0 Å². The largest absolute Gasteiger partial charge is 0.388 e. The molecule has 0 spiro atoms. The van der Waals surface area contributed by atoms with Crippen LogP contribution in [0.25, 0.3) is 0 Å². The molecule has 6 nitrogen and oxygen atoms in total. The van der Waals surface area contributed by atoms with Crippen LogP contribution in [-0.4, -0.2) is 72.1 Å². The zero-order chi connectivity index (χ0) is 23.0. The fourth-order valence-electron chi connectivity index (χ4n) is 5.37. The summed E-state index contributed by atoms with van der Waals surface area (Å²) in [5.74, 6) is 6.48. The highest BCUT2D eigenvalue weighted by atomic mass is 16.5. The molecule has 2 aromatic rings. The van der Waals surface area contributed by atoms with Gasteiger partial charge in [0.05, 0.1) is 6.54 Å². The molecule has 2 aromatic carbocycles. The molecule has 6 rings (SSSR count). The number of methoxy groups -OCH3 is 1. The number of carbonyl (C=O) groups is 1. The number of anilines is 1. The predicted molar refractivity (Wildman–Crippen MR) is 126 cm³/mol. The van der Waals surface area contributed by atoms with E-state index >= 15 is 0 Å². The SMILES string of the molecule is CO[C@@H]1C(=O)N(c2ccc(C#C[C@@]3(O)CN4CCC3CC4)c(Cc3ccccc3)c2)C[C@H]1O. The van der Waals surface area contributed by atoms with Crippen molar-refractivity contribution >= 4 is 11.6 Å². The average molecular weight is 447 g/mol. The summed E-state index contributed by atoms with van der Waals surface area (Å²) < 4.78 is 5.18. The van der Waals surface area contributed by atoms with Gasteiger partial charge in [0.25, 0.3) is 5.91 Å². The third-order valence-electron chi connectivity index (χ3n) is 7.26. The van der Waals surface area contributed by atoms with E-state index in [4.69, 9.17) is 4.74 Å². The maximum atomic E-state index is 12.7. The summed E-state index contributed by atoms with van der Waals surface area (Å²) in [6.07, 6.45) is 0.936. The highest BCUT2D eigenvalue weighted by molar-refractivity contribution is 5.99. The van der Waals surface area contributed by atoms with E-state index in [0.29, 0.717) is 13.0 Å². The van der Waals surface area contributed by atoms with Crippen LogP contribution in [0, 0.1) is 17.8 Å². The Morgan fingerprint density at radius 3 is 2.55 bits per heavy atom. The fraction of sp³-hybridized carbons (Fsp3) is 0.444. The second-order valence-corrected chi connectivity index (χ2v) is 9.40. The van der Waals surface area contributed by atoms with Crippen molar-refractivity contribution in [2.45, 2.75) is 37.1 Å². The predicted octanol–water partition coefficient (Wildman–Crippen LogP) is 1.81. The van der Waals surface area contributed by atoms with E-state index in [1.165, 1.54) is 7.11 Å². The minimum Gasteiger partial charge on any atom is -0.388 e. The summed E-state index contributed by atoms with van der Waals surface area (Å²) >= 11 is 0. The van der Waals surface area contributed by atoms with Gasteiger partial charge in [-0.15, -0.1) is 0 Å². The molecule has 3 atom stereocenters. The minimum absolute atomic E-state index is 0.199. The Bertz CT molecular complexity index is 1080. The van der Waals surface area contributed by atoms with Crippen LogP contribution in [0.2, 0.25) is 0 Å². The third kappa shape index (κ3) is 4.30. The van der Waals surface area contributed by atoms with Crippen LogP contribution in [0.5, 0.6) is 0 Å². The fourth-order valence-corrected chi connectivity index (χ4v) is 5.37. The summed E-state index contributed by atoms with van der Waals surface area (Å²) in [6.45, 7) is 2.89. The molecule has 2 N–H and O–H groups in total. The van der Waals surface area contributed by atoms with Crippen LogP contribution in [0.3, 0.4) is 0 Å². The third-order valence-corrected chi connectivity index (χ3v) is 7.26. The van der Waals surface area contributed by atoms with Gasteiger partial charge in [-0.1, -0.05) is 42.2 Å². The zero-order valence-electron chi connectivity index (χ0n) is 18.9. The molecule has 4 fully saturated rings. The summed E-state index contributed by atoms with van der Waals surface area (Å²) in [7, 11) is 1.44. The highest BCUT2D eigenvalue weighted by Gasteiger charge is 2.44. The quantitative estimate of drug-likeness (QED) is 0.701. The van der Waals surface area contributed by atoms with Crippen LogP contribution in [-0.2, 0) is 16.0 Å². The van der Waals surface area contributed by atoms with Crippen molar-refractivity contribution in [3.63, 3.8) is 0 Å². The van der Waals surface area contributed by atoms with Gasteiger partial charge in [0, 0.05) is 30.8 Å². The number of carbonyl (C=O) groups excluding carboxylic acids is 1. The Morgan fingerprint density at radius 1 is 1.15 bits per heavy atom. The number of ether oxygens (including phenoxy) is 1. The molecule has 0 radical (unpaired) electrons. The van der Waals surface area contributed by atoms with Crippen LogP contribution >= 0.6 is 0 Å². The Hall–Kier alpha value is -2.69. The van der Waals surface area contributed by atoms with Crippen LogP contribution in [0.1, 0.15) is 29.5 Å².